The number of hydrogen-bond acceptors (Lipinski definition) is 3. The van der Waals surface area contributed by atoms with Crippen LogP contribution < -0.4 is 5.69 Å². The Hall–Kier alpha value is -1.23. The van der Waals surface area contributed by atoms with Crippen molar-refractivity contribution < 1.29 is 0 Å². The maximum Gasteiger partial charge on any atom is 0.328 e. The molecule has 2 aromatic rings. The molecule has 0 saturated carbocycles. The Bertz CT molecular complexity index is 521. The van der Waals surface area contributed by atoms with Gasteiger partial charge in [-0.2, -0.15) is 12.6 Å². The summed E-state index contributed by atoms with van der Waals surface area (Å²) >= 11 is 4.37. The van der Waals surface area contributed by atoms with E-state index in [2.05, 4.69) is 22.6 Å². The maximum absolute atomic E-state index is 11.6. The number of H-pyrrole nitrogens is 1. The number of nitrogens with one attached hydrogen (secondary N) is 1. The molecule has 0 atom stereocenters. The van der Waals surface area contributed by atoms with E-state index < -0.39 is 4.87 Å². The predicted octanol–water partition coefficient (Wildman–Crippen LogP) is 1.35. The molecular formula is C9H11N3OS. The van der Waals surface area contributed by atoms with Crippen LogP contribution in [0.15, 0.2) is 23.1 Å². The molecule has 0 amide bonds. The zero-order valence-corrected chi connectivity index (χ0v) is 8.88. The zero-order valence-electron chi connectivity index (χ0n) is 7.98. The molecule has 2 rings (SSSR count). The number of thiol groups is 1. The molecule has 0 spiro atoms. The average molecular weight is 209 g/mol. The fourth-order valence-corrected chi connectivity index (χ4v) is 1.68. The number of aromatic nitrogens is 3. The second kappa shape index (κ2) is 2.88. The van der Waals surface area contributed by atoms with Gasteiger partial charge in [-0.15, -0.1) is 0 Å². The van der Waals surface area contributed by atoms with E-state index in [0.717, 1.165) is 5.52 Å². The lowest BCUT2D eigenvalue weighted by molar-refractivity contribution is 0.541. The van der Waals surface area contributed by atoms with Crippen molar-refractivity contribution in [3.8, 4) is 0 Å². The number of aromatic amines is 1. The molecule has 0 radical (unpaired) electrons. The van der Waals surface area contributed by atoms with Gasteiger partial charge >= 0.3 is 5.69 Å². The molecule has 0 aromatic carbocycles. The highest BCUT2D eigenvalue weighted by Crippen LogP contribution is 2.21. The fourth-order valence-electron chi connectivity index (χ4n) is 1.48. The molecule has 5 heteroatoms. The molecule has 2 aromatic heterocycles. The van der Waals surface area contributed by atoms with E-state index in [1.807, 2.05) is 19.9 Å². The SMILES string of the molecule is CC(C)(S)n1c(=O)[nH]c2ncccc21. The Morgan fingerprint density at radius 1 is 1.57 bits per heavy atom. The third-order valence-electron chi connectivity index (χ3n) is 2.00. The van der Waals surface area contributed by atoms with E-state index in [1.54, 1.807) is 16.8 Å². The summed E-state index contributed by atoms with van der Waals surface area (Å²) in [6.45, 7) is 3.72. The minimum atomic E-state index is -0.529. The summed E-state index contributed by atoms with van der Waals surface area (Å²) in [5, 5.41) is 0. The van der Waals surface area contributed by atoms with Gasteiger partial charge in [0, 0.05) is 6.20 Å². The Balaban J connectivity index is 2.88. The topological polar surface area (TPSA) is 50.7 Å². The first kappa shape index (κ1) is 9.33. The average Bonchev–Trinajstić information content (AvgIpc) is 2.38. The first-order valence-corrected chi connectivity index (χ1v) is 4.73. The minimum Gasteiger partial charge on any atom is -0.290 e. The third-order valence-corrected chi connectivity index (χ3v) is 2.20. The van der Waals surface area contributed by atoms with E-state index in [9.17, 15) is 4.79 Å². The Morgan fingerprint density at radius 3 is 2.93 bits per heavy atom. The molecule has 74 valence electrons. The van der Waals surface area contributed by atoms with Crippen LogP contribution >= 0.6 is 12.6 Å². The summed E-state index contributed by atoms with van der Waals surface area (Å²) in [4.78, 5) is 17.8. The van der Waals surface area contributed by atoms with Gasteiger partial charge in [0.1, 0.15) is 0 Å². The number of fused-ring (bicyclic) bond motifs is 1. The number of pyridine rings is 1. The monoisotopic (exact) mass is 209 g/mol. The smallest absolute Gasteiger partial charge is 0.290 e. The lowest BCUT2D eigenvalue weighted by atomic mass is 10.3. The van der Waals surface area contributed by atoms with Crippen molar-refractivity contribution in [3.63, 3.8) is 0 Å². The summed E-state index contributed by atoms with van der Waals surface area (Å²) in [6.07, 6.45) is 1.65. The van der Waals surface area contributed by atoms with Crippen molar-refractivity contribution in [1.29, 1.82) is 0 Å². The van der Waals surface area contributed by atoms with Crippen LogP contribution in [0.2, 0.25) is 0 Å². The van der Waals surface area contributed by atoms with E-state index in [-0.39, 0.29) is 5.69 Å². The van der Waals surface area contributed by atoms with Crippen molar-refractivity contribution in [3.05, 3.63) is 28.8 Å². The fraction of sp³-hybridized carbons (Fsp3) is 0.333. The summed E-state index contributed by atoms with van der Waals surface area (Å²) in [7, 11) is 0. The van der Waals surface area contributed by atoms with Crippen molar-refractivity contribution in [2.24, 2.45) is 0 Å². The van der Waals surface area contributed by atoms with E-state index in [0.29, 0.717) is 5.65 Å². The summed E-state index contributed by atoms with van der Waals surface area (Å²) in [6, 6.07) is 3.64. The van der Waals surface area contributed by atoms with Crippen molar-refractivity contribution in [1.82, 2.24) is 14.5 Å². The van der Waals surface area contributed by atoms with Crippen LogP contribution in [0.4, 0.5) is 0 Å². The minimum absolute atomic E-state index is 0.182. The predicted molar refractivity (Wildman–Crippen MR) is 58.7 cm³/mol. The van der Waals surface area contributed by atoms with E-state index in [1.165, 1.54) is 0 Å². The number of hydrogen-bond donors (Lipinski definition) is 2. The Morgan fingerprint density at radius 2 is 2.29 bits per heavy atom. The molecule has 0 fully saturated rings. The molecule has 0 unspecified atom stereocenters. The first-order valence-electron chi connectivity index (χ1n) is 4.29. The van der Waals surface area contributed by atoms with Gasteiger partial charge in [-0.3, -0.25) is 9.55 Å². The molecule has 0 aliphatic rings. The highest BCUT2D eigenvalue weighted by atomic mass is 32.1. The van der Waals surface area contributed by atoms with Crippen LogP contribution in [0.3, 0.4) is 0 Å². The molecule has 1 N–H and O–H groups in total. The summed E-state index contributed by atoms with van der Waals surface area (Å²) in [5.41, 5.74) is 1.19. The third kappa shape index (κ3) is 1.33. The summed E-state index contributed by atoms with van der Waals surface area (Å²) < 4.78 is 1.58. The summed E-state index contributed by atoms with van der Waals surface area (Å²) in [5.74, 6) is 0. The van der Waals surface area contributed by atoms with Crippen LogP contribution in [-0.2, 0) is 4.87 Å². The lowest BCUT2D eigenvalue weighted by Gasteiger charge is -2.19. The largest absolute Gasteiger partial charge is 0.328 e. The molecule has 0 saturated heterocycles. The molecule has 4 nitrogen and oxygen atoms in total. The van der Waals surface area contributed by atoms with Gasteiger partial charge in [-0.1, -0.05) is 0 Å². The van der Waals surface area contributed by atoms with Crippen LogP contribution in [0.1, 0.15) is 13.8 Å². The van der Waals surface area contributed by atoms with Crippen LogP contribution in [0.25, 0.3) is 11.2 Å². The van der Waals surface area contributed by atoms with Gasteiger partial charge in [0.2, 0.25) is 0 Å². The normalized spacial score (nSPS) is 12.2. The van der Waals surface area contributed by atoms with Gasteiger partial charge in [-0.05, 0) is 26.0 Å². The van der Waals surface area contributed by atoms with Crippen molar-refractivity contribution in [2.45, 2.75) is 18.7 Å². The van der Waals surface area contributed by atoms with Gasteiger partial charge in [0.05, 0.1) is 10.4 Å². The molecule has 2 heterocycles. The van der Waals surface area contributed by atoms with Gasteiger partial charge in [0.15, 0.2) is 5.65 Å². The van der Waals surface area contributed by atoms with Crippen molar-refractivity contribution in [2.75, 3.05) is 0 Å². The second-order valence-electron chi connectivity index (χ2n) is 3.63. The van der Waals surface area contributed by atoms with Gasteiger partial charge in [-0.25, -0.2) is 9.78 Å². The van der Waals surface area contributed by atoms with Crippen molar-refractivity contribution >= 4 is 23.8 Å². The number of rotatable bonds is 1. The Labute approximate surface area is 86.4 Å². The standard InChI is InChI=1S/C9H11N3OS/c1-9(2,14)12-6-4-3-5-10-7(6)11-8(12)13/h3-5,14H,1-2H3,(H,10,11,13). The molecule has 0 aliphatic heterocycles. The number of imidazole rings is 1. The maximum atomic E-state index is 11.6. The van der Waals surface area contributed by atoms with E-state index in [4.69, 9.17) is 0 Å². The van der Waals surface area contributed by atoms with Gasteiger partial charge in [0.25, 0.3) is 0 Å². The Kier molecular flexibility index (Phi) is 1.92. The van der Waals surface area contributed by atoms with E-state index >= 15 is 0 Å². The lowest BCUT2D eigenvalue weighted by Crippen LogP contribution is -2.29. The highest BCUT2D eigenvalue weighted by molar-refractivity contribution is 7.81. The highest BCUT2D eigenvalue weighted by Gasteiger charge is 2.20. The molecular weight excluding hydrogens is 198 g/mol. The van der Waals surface area contributed by atoms with Crippen LogP contribution in [0.5, 0.6) is 0 Å². The van der Waals surface area contributed by atoms with Crippen LogP contribution in [0, 0.1) is 0 Å². The molecule has 0 bridgehead atoms. The molecule has 0 aliphatic carbocycles. The second-order valence-corrected chi connectivity index (χ2v) is 4.73. The zero-order chi connectivity index (χ0) is 10.3. The molecule has 14 heavy (non-hydrogen) atoms. The number of nitrogens with zero attached hydrogens (tertiary/aromatic N) is 2. The van der Waals surface area contributed by atoms with Gasteiger partial charge < -0.3 is 0 Å². The van der Waals surface area contributed by atoms with Crippen LogP contribution in [-0.4, -0.2) is 14.5 Å². The first-order chi connectivity index (χ1) is 6.50. The quantitative estimate of drug-likeness (QED) is 0.696.